The first kappa shape index (κ1) is 20.0. The highest BCUT2D eigenvalue weighted by atomic mass is 32.2. The van der Waals surface area contributed by atoms with Crippen molar-refractivity contribution in [1.82, 2.24) is 14.1 Å². The molecule has 10 heteroatoms. The Hall–Kier alpha value is -2.72. The number of sulfonamides is 1. The van der Waals surface area contributed by atoms with Crippen LogP contribution in [0.3, 0.4) is 0 Å². The summed E-state index contributed by atoms with van der Waals surface area (Å²) in [5.41, 5.74) is 0.561. The smallest absolute Gasteiger partial charge is 0.341 e. The maximum atomic E-state index is 12.7. The van der Waals surface area contributed by atoms with Crippen molar-refractivity contribution in [1.29, 1.82) is 0 Å². The second kappa shape index (κ2) is 8.53. The predicted octanol–water partition coefficient (Wildman–Crippen LogP) is 1.39. The van der Waals surface area contributed by atoms with Crippen LogP contribution in [0.2, 0.25) is 0 Å². The summed E-state index contributed by atoms with van der Waals surface area (Å²) in [7, 11) is -1.93. The number of anilines is 1. The Morgan fingerprint density at radius 3 is 2.64 bits per heavy atom. The lowest BCUT2D eigenvalue weighted by molar-refractivity contribution is -0.119. The summed E-state index contributed by atoms with van der Waals surface area (Å²) in [6, 6.07) is 6.05. The maximum absolute atomic E-state index is 12.7. The van der Waals surface area contributed by atoms with E-state index in [9.17, 15) is 18.0 Å². The van der Waals surface area contributed by atoms with E-state index >= 15 is 0 Å². The van der Waals surface area contributed by atoms with Gasteiger partial charge in [0.15, 0.2) is 6.61 Å². The highest BCUT2D eigenvalue weighted by Gasteiger charge is 2.26. The summed E-state index contributed by atoms with van der Waals surface area (Å²) in [4.78, 5) is 24.0. The zero-order valence-corrected chi connectivity index (χ0v) is 16.3. The van der Waals surface area contributed by atoms with E-state index < -0.39 is 28.5 Å². The number of ether oxygens (including phenoxy) is 1. The van der Waals surface area contributed by atoms with E-state index in [-0.39, 0.29) is 10.5 Å². The number of carbonyl (C=O) groups is 2. The van der Waals surface area contributed by atoms with Crippen molar-refractivity contribution < 1.29 is 22.7 Å². The highest BCUT2D eigenvalue weighted by molar-refractivity contribution is 7.89. The van der Waals surface area contributed by atoms with Gasteiger partial charge in [0.2, 0.25) is 10.0 Å². The zero-order chi connectivity index (χ0) is 20.1. The molecule has 0 atom stereocenters. The minimum atomic E-state index is -3.59. The number of aryl methyl sites for hydroxylation is 1. The molecule has 1 N–H and O–H groups in total. The number of piperidine rings is 1. The van der Waals surface area contributed by atoms with Crippen molar-refractivity contribution in [2.75, 3.05) is 25.0 Å². The molecule has 3 rings (SSSR count). The normalized spacial score (nSPS) is 15.2. The second-order valence-electron chi connectivity index (χ2n) is 6.52. The molecule has 0 aliphatic carbocycles. The zero-order valence-electron chi connectivity index (χ0n) is 15.5. The van der Waals surface area contributed by atoms with Gasteiger partial charge in [0.05, 0.1) is 16.7 Å². The Balaban J connectivity index is 1.60. The fourth-order valence-electron chi connectivity index (χ4n) is 2.93. The lowest BCUT2D eigenvalue weighted by atomic mass is 10.2. The number of rotatable bonds is 6. The number of nitrogens with one attached hydrogen (secondary N) is 1. The average Bonchev–Trinajstić information content (AvgIpc) is 3.13. The van der Waals surface area contributed by atoms with Crippen LogP contribution in [-0.2, 0) is 26.6 Å². The molecule has 1 fully saturated rings. The number of hydrogen-bond donors (Lipinski definition) is 1. The standard InChI is InChI=1S/C18H22N4O5S/c1-21-12-14(11-19-21)18(24)27-13-17(23)20-15-6-5-7-16(10-15)28(25,26)22-8-3-2-4-9-22/h5-7,10-12H,2-4,8-9,13H2,1H3,(H,20,23). The van der Waals surface area contributed by atoms with Crippen LogP contribution in [0.25, 0.3) is 0 Å². The van der Waals surface area contributed by atoms with Gasteiger partial charge < -0.3 is 10.1 Å². The average molecular weight is 406 g/mol. The Morgan fingerprint density at radius 1 is 1.21 bits per heavy atom. The lowest BCUT2D eigenvalue weighted by Crippen LogP contribution is -2.35. The molecule has 0 spiro atoms. The van der Waals surface area contributed by atoms with E-state index in [0.717, 1.165) is 19.3 Å². The maximum Gasteiger partial charge on any atom is 0.341 e. The fourth-order valence-corrected chi connectivity index (χ4v) is 4.49. The molecule has 1 aliphatic heterocycles. The van der Waals surface area contributed by atoms with Crippen LogP contribution in [0.5, 0.6) is 0 Å². The van der Waals surface area contributed by atoms with Crippen molar-refractivity contribution in [3.05, 3.63) is 42.2 Å². The monoisotopic (exact) mass is 406 g/mol. The number of esters is 1. The molecule has 1 aromatic carbocycles. The number of carbonyl (C=O) groups excluding carboxylic acids is 2. The first-order chi connectivity index (χ1) is 13.4. The van der Waals surface area contributed by atoms with Crippen LogP contribution in [0.15, 0.2) is 41.6 Å². The Bertz CT molecular complexity index is 964. The third kappa shape index (κ3) is 4.76. The third-order valence-electron chi connectivity index (χ3n) is 4.35. The number of benzene rings is 1. The van der Waals surface area contributed by atoms with Crippen LogP contribution < -0.4 is 5.32 Å². The summed E-state index contributed by atoms with van der Waals surface area (Å²) in [5, 5.41) is 6.41. The van der Waals surface area contributed by atoms with E-state index in [4.69, 9.17) is 4.74 Å². The summed E-state index contributed by atoms with van der Waals surface area (Å²) in [5.74, 6) is -1.23. The highest BCUT2D eigenvalue weighted by Crippen LogP contribution is 2.22. The van der Waals surface area contributed by atoms with Crippen molar-refractivity contribution in [3.8, 4) is 0 Å². The SMILES string of the molecule is Cn1cc(C(=O)OCC(=O)Nc2cccc(S(=O)(=O)N3CCCCC3)c2)cn1. The summed E-state index contributed by atoms with van der Waals surface area (Å²) < 4.78 is 33.3. The molecule has 0 unspecified atom stereocenters. The first-order valence-electron chi connectivity index (χ1n) is 8.92. The molecule has 1 saturated heterocycles. The molecule has 0 saturated carbocycles. The van der Waals surface area contributed by atoms with E-state index in [0.29, 0.717) is 18.8 Å². The molecule has 1 aromatic heterocycles. The first-order valence-corrected chi connectivity index (χ1v) is 10.4. The predicted molar refractivity (Wildman–Crippen MR) is 101 cm³/mol. The van der Waals surface area contributed by atoms with Crippen LogP contribution in [0.1, 0.15) is 29.6 Å². The van der Waals surface area contributed by atoms with Crippen LogP contribution in [0, 0.1) is 0 Å². The van der Waals surface area contributed by atoms with Gasteiger partial charge in [-0.05, 0) is 31.0 Å². The summed E-state index contributed by atoms with van der Waals surface area (Å²) in [6.45, 7) is 0.517. The largest absolute Gasteiger partial charge is 0.452 e. The molecule has 1 aliphatic rings. The third-order valence-corrected chi connectivity index (χ3v) is 6.24. The van der Waals surface area contributed by atoms with Crippen molar-refractivity contribution in [3.63, 3.8) is 0 Å². The van der Waals surface area contributed by atoms with Crippen molar-refractivity contribution in [2.45, 2.75) is 24.2 Å². The van der Waals surface area contributed by atoms with Gasteiger partial charge in [0, 0.05) is 32.0 Å². The minimum absolute atomic E-state index is 0.125. The quantitative estimate of drug-likeness (QED) is 0.726. The summed E-state index contributed by atoms with van der Waals surface area (Å²) in [6.07, 6.45) is 5.54. The molecule has 150 valence electrons. The Labute approximate surface area is 163 Å². The molecule has 0 radical (unpaired) electrons. The lowest BCUT2D eigenvalue weighted by Gasteiger charge is -2.26. The van der Waals surface area contributed by atoms with Crippen LogP contribution in [-0.4, -0.2) is 54.1 Å². The second-order valence-corrected chi connectivity index (χ2v) is 8.46. The molecule has 2 aromatic rings. The molecule has 1 amide bonds. The Kier molecular flexibility index (Phi) is 6.10. The van der Waals surface area contributed by atoms with Crippen molar-refractivity contribution >= 4 is 27.6 Å². The van der Waals surface area contributed by atoms with Gasteiger partial charge in [0.1, 0.15) is 0 Å². The molecule has 2 heterocycles. The molecular weight excluding hydrogens is 384 g/mol. The van der Waals surface area contributed by atoms with Gasteiger partial charge in [-0.25, -0.2) is 13.2 Å². The molecule has 9 nitrogen and oxygen atoms in total. The molecular formula is C18H22N4O5S. The number of aromatic nitrogens is 2. The minimum Gasteiger partial charge on any atom is -0.452 e. The Morgan fingerprint density at radius 2 is 1.96 bits per heavy atom. The van der Waals surface area contributed by atoms with Gasteiger partial charge in [0.25, 0.3) is 5.91 Å². The van der Waals surface area contributed by atoms with Gasteiger partial charge in [-0.1, -0.05) is 12.5 Å². The van der Waals surface area contributed by atoms with Gasteiger partial charge in [-0.3, -0.25) is 9.48 Å². The van der Waals surface area contributed by atoms with E-state index in [1.165, 1.54) is 33.5 Å². The topological polar surface area (TPSA) is 111 Å². The van der Waals surface area contributed by atoms with Gasteiger partial charge in [-0.2, -0.15) is 9.40 Å². The van der Waals surface area contributed by atoms with Crippen LogP contribution >= 0.6 is 0 Å². The van der Waals surface area contributed by atoms with E-state index in [2.05, 4.69) is 10.4 Å². The number of hydrogen-bond acceptors (Lipinski definition) is 6. The van der Waals surface area contributed by atoms with Crippen molar-refractivity contribution in [2.24, 2.45) is 7.05 Å². The van der Waals surface area contributed by atoms with Crippen LogP contribution in [0.4, 0.5) is 5.69 Å². The van der Waals surface area contributed by atoms with Gasteiger partial charge >= 0.3 is 5.97 Å². The number of amides is 1. The number of nitrogens with zero attached hydrogens (tertiary/aromatic N) is 3. The fraction of sp³-hybridized carbons (Fsp3) is 0.389. The van der Waals surface area contributed by atoms with E-state index in [1.54, 1.807) is 19.2 Å². The van der Waals surface area contributed by atoms with E-state index in [1.807, 2.05) is 0 Å². The molecule has 0 bridgehead atoms. The summed E-state index contributed by atoms with van der Waals surface area (Å²) >= 11 is 0. The van der Waals surface area contributed by atoms with Gasteiger partial charge in [-0.15, -0.1) is 0 Å². The molecule has 28 heavy (non-hydrogen) atoms.